The predicted octanol–water partition coefficient (Wildman–Crippen LogP) is 5.27. The van der Waals surface area contributed by atoms with Crippen molar-refractivity contribution in [3.8, 4) is 0 Å². The van der Waals surface area contributed by atoms with Gasteiger partial charge in [0.1, 0.15) is 11.4 Å². The van der Waals surface area contributed by atoms with Crippen molar-refractivity contribution in [2.45, 2.75) is 69.4 Å². The average molecular weight is 489 g/mol. The van der Waals surface area contributed by atoms with Crippen molar-refractivity contribution >= 4 is 17.1 Å². The summed E-state index contributed by atoms with van der Waals surface area (Å²) < 4.78 is 79.0. The molecule has 11 heteroatoms. The summed E-state index contributed by atoms with van der Waals surface area (Å²) in [6, 6.07) is 1.01. The van der Waals surface area contributed by atoms with Crippen LogP contribution in [0.4, 0.5) is 43.4 Å². The highest BCUT2D eigenvalue weighted by molar-refractivity contribution is 5.79. The predicted molar refractivity (Wildman–Crippen MR) is 116 cm³/mol. The Morgan fingerprint density at radius 3 is 1.88 bits per heavy atom. The van der Waals surface area contributed by atoms with Crippen molar-refractivity contribution in [1.29, 1.82) is 0 Å². The molecule has 0 bridgehead atoms. The maximum absolute atomic E-state index is 13.2. The van der Waals surface area contributed by atoms with Crippen LogP contribution < -0.4 is 21.5 Å². The van der Waals surface area contributed by atoms with E-state index in [9.17, 15) is 35.9 Å². The molecule has 2 N–H and O–H groups in total. The van der Waals surface area contributed by atoms with Crippen LogP contribution in [-0.2, 0) is 12.4 Å². The largest absolute Gasteiger partial charge is 0.416 e. The van der Waals surface area contributed by atoms with Gasteiger partial charge < -0.3 is 10.6 Å². The summed E-state index contributed by atoms with van der Waals surface area (Å²) in [5.74, 6) is 0. The Kier molecular flexibility index (Phi) is 6.67. The van der Waals surface area contributed by atoms with Gasteiger partial charge in [-0.25, -0.2) is 0 Å². The number of alkyl halides is 6. The maximum Gasteiger partial charge on any atom is 0.416 e. The second-order valence-corrected chi connectivity index (χ2v) is 9.03. The fourth-order valence-corrected chi connectivity index (χ4v) is 4.97. The van der Waals surface area contributed by atoms with E-state index in [0.29, 0.717) is 12.1 Å². The molecule has 0 radical (unpaired) electrons. The number of hydrogen-bond donors (Lipinski definition) is 2. The van der Waals surface area contributed by atoms with E-state index in [0.717, 1.165) is 58.0 Å². The van der Waals surface area contributed by atoms with E-state index in [4.69, 9.17) is 0 Å². The smallest absolute Gasteiger partial charge is 0.376 e. The van der Waals surface area contributed by atoms with Crippen molar-refractivity contribution in [2.75, 3.05) is 23.7 Å². The summed E-state index contributed by atoms with van der Waals surface area (Å²) in [7, 11) is 0. The molecule has 0 aromatic heterocycles. The number of benzene rings is 1. The number of nitrogens with zero attached hydrogens (tertiary/aromatic N) is 1. The number of anilines is 3. The number of piperidine rings is 1. The summed E-state index contributed by atoms with van der Waals surface area (Å²) in [4.78, 5) is 26.9. The Balaban J connectivity index is 1.60. The number of halogens is 6. The van der Waals surface area contributed by atoms with Crippen molar-refractivity contribution in [1.82, 2.24) is 4.90 Å². The normalized spacial score (nSPS) is 22.6. The molecular weight excluding hydrogens is 464 g/mol. The molecule has 2 fully saturated rings. The van der Waals surface area contributed by atoms with Crippen LogP contribution in [0.15, 0.2) is 27.8 Å². The third-order valence-electron chi connectivity index (χ3n) is 6.69. The Bertz CT molecular complexity index is 1070. The molecule has 1 saturated heterocycles. The molecule has 2 aromatic carbocycles. The third-order valence-corrected chi connectivity index (χ3v) is 6.69. The van der Waals surface area contributed by atoms with Gasteiger partial charge in [-0.15, -0.1) is 0 Å². The highest BCUT2D eigenvalue weighted by Gasteiger charge is 2.38. The van der Waals surface area contributed by atoms with Crippen molar-refractivity contribution in [3.05, 3.63) is 49.8 Å². The first-order valence-electron chi connectivity index (χ1n) is 11.4. The van der Waals surface area contributed by atoms with E-state index in [-0.39, 0.29) is 29.5 Å². The maximum atomic E-state index is 13.2. The topological polar surface area (TPSA) is 61.4 Å². The Morgan fingerprint density at radius 2 is 1.29 bits per heavy atom. The fraction of sp³-hybridized carbons (Fsp3) is 0.565. The zero-order chi connectivity index (χ0) is 24.7. The number of nitrogens with one attached hydrogen (secondary N) is 2. The molecule has 0 amide bonds. The molecule has 4 rings (SSSR count). The van der Waals surface area contributed by atoms with Gasteiger partial charge in [-0.2, -0.15) is 26.3 Å². The quantitative estimate of drug-likeness (QED) is 0.443. The van der Waals surface area contributed by atoms with E-state index < -0.39 is 40.0 Å². The van der Waals surface area contributed by atoms with Crippen molar-refractivity contribution in [3.63, 3.8) is 0 Å². The molecule has 2 aliphatic rings. The second-order valence-electron chi connectivity index (χ2n) is 9.03. The van der Waals surface area contributed by atoms with Crippen LogP contribution in [-0.4, -0.2) is 30.1 Å². The van der Waals surface area contributed by atoms with E-state index in [1.165, 1.54) is 0 Å². The molecule has 186 valence electrons. The molecule has 1 heterocycles. The van der Waals surface area contributed by atoms with Crippen LogP contribution in [0.2, 0.25) is 0 Å². The fourth-order valence-electron chi connectivity index (χ4n) is 4.97. The summed E-state index contributed by atoms with van der Waals surface area (Å²) >= 11 is 0. The van der Waals surface area contributed by atoms with E-state index in [1.807, 2.05) is 0 Å². The Morgan fingerprint density at radius 1 is 0.735 bits per heavy atom. The van der Waals surface area contributed by atoms with Gasteiger partial charge in [-0.05, 0) is 57.0 Å². The number of rotatable bonds is 5. The van der Waals surface area contributed by atoms with Gasteiger partial charge in [0.15, 0.2) is 0 Å². The Hall–Kier alpha value is -2.56. The average Bonchev–Trinajstić information content (AvgIpc) is 2.80. The number of likely N-dealkylation sites (tertiary alicyclic amines) is 1. The summed E-state index contributed by atoms with van der Waals surface area (Å²) in [5, 5.41) is 5.45. The standard InChI is InChI=1S/C23H25F6N3O2/c24-22(25,26)13-10-14(23(27,28)29)12-15(11-13)30-18-19(21(34)20(18)33)31-16-6-2-3-7-17(16)32-8-4-1-5-9-32/h10-12,16-17,30-31H,1-9H2/t16-,17?/m0/s1. The van der Waals surface area contributed by atoms with Gasteiger partial charge in [0, 0.05) is 17.8 Å². The number of hydrogen-bond acceptors (Lipinski definition) is 5. The van der Waals surface area contributed by atoms with Gasteiger partial charge >= 0.3 is 12.4 Å². The van der Waals surface area contributed by atoms with Crippen LogP contribution in [0.25, 0.3) is 0 Å². The zero-order valence-corrected chi connectivity index (χ0v) is 18.3. The zero-order valence-electron chi connectivity index (χ0n) is 18.3. The molecule has 1 unspecified atom stereocenters. The minimum absolute atomic E-state index is 0.0116. The monoisotopic (exact) mass is 489 g/mol. The van der Waals surface area contributed by atoms with Crippen molar-refractivity contribution in [2.24, 2.45) is 0 Å². The van der Waals surface area contributed by atoms with E-state index in [2.05, 4.69) is 15.5 Å². The molecule has 5 nitrogen and oxygen atoms in total. The minimum atomic E-state index is -5.02. The highest BCUT2D eigenvalue weighted by atomic mass is 19.4. The second kappa shape index (κ2) is 9.24. The minimum Gasteiger partial charge on any atom is -0.376 e. The molecule has 1 aliphatic heterocycles. The van der Waals surface area contributed by atoms with Gasteiger partial charge in [-0.1, -0.05) is 19.3 Å². The molecular formula is C23H25F6N3O2. The van der Waals surface area contributed by atoms with Crippen LogP contribution >= 0.6 is 0 Å². The lowest BCUT2D eigenvalue weighted by Crippen LogP contribution is -2.52. The van der Waals surface area contributed by atoms with Gasteiger partial charge in [0.2, 0.25) is 0 Å². The van der Waals surface area contributed by atoms with Gasteiger partial charge in [0.05, 0.1) is 11.1 Å². The molecule has 1 saturated carbocycles. The first-order valence-corrected chi connectivity index (χ1v) is 11.4. The van der Waals surface area contributed by atoms with E-state index >= 15 is 0 Å². The van der Waals surface area contributed by atoms with Crippen LogP contribution in [0.3, 0.4) is 0 Å². The van der Waals surface area contributed by atoms with Crippen LogP contribution in [0.5, 0.6) is 0 Å². The molecule has 1 aliphatic carbocycles. The van der Waals surface area contributed by atoms with E-state index in [1.54, 1.807) is 0 Å². The van der Waals surface area contributed by atoms with Crippen molar-refractivity contribution < 1.29 is 26.3 Å². The lowest BCUT2D eigenvalue weighted by molar-refractivity contribution is -0.143. The van der Waals surface area contributed by atoms with Gasteiger partial charge in [-0.3, -0.25) is 14.5 Å². The Labute approximate surface area is 191 Å². The first-order chi connectivity index (χ1) is 15.9. The third kappa shape index (κ3) is 5.08. The highest BCUT2D eigenvalue weighted by Crippen LogP contribution is 2.38. The summed E-state index contributed by atoms with van der Waals surface area (Å²) in [6.45, 7) is 1.87. The SMILES string of the molecule is O=c1c(Nc2cc(C(F)(F)F)cc(C(F)(F)F)c2)c(N[C@H]2CCCCC2N2CCCCC2)c1=O. The lowest BCUT2D eigenvalue weighted by atomic mass is 9.87. The lowest BCUT2D eigenvalue weighted by Gasteiger charge is -2.42. The summed E-state index contributed by atoms with van der Waals surface area (Å²) in [6.07, 6.45) is -3.11. The summed E-state index contributed by atoms with van der Waals surface area (Å²) in [5.41, 5.74) is -5.75. The molecule has 2 aromatic rings. The first kappa shape index (κ1) is 24.6. The van der Waals surface area contributed by atoms with Crippen LogP contribution in [0, 0.1) is 0 Å². The molecule has 0 spiro atoms. The molecule has 34 heavy (non-hydrogen) atoms. The molecule has 2 atom stereocenters. The van der Waals surface area contributed by atoms with Crippen LogP contribution in [0.1, 0.15) is 56.1 Å². The van der Waals surface area contributed by atoms with Gasteiger partial charge in [0.25, 0.3) is 10.9 Å².